The Morgan fingerprint density at radius 3 is 2.59 bits per heavy atom. The summed E-state index contributed by atoms with van der Waals surface area (Å²) >= 11 is 6.04. The molecule has 1 unspecified atom stereocenters. The molecule has 0 spiro atoms. The maximum Gasteiger partial charge on any atom is 0.228 e. The van der Waals surface area contributed by atoms with Gasteiger partial charge in [-0.1, -0.05) is 31.0 Å². The van der Waals surface area contributed by atoms with Gasteiger partial charge in [0, 0.05) is 56.3 Å². The van der Waals surface area contributed by atoms with Gasteiger partial charge in [0.25, 0.3) is 0 Å². The van der Waals surface area contributed by atoms with Crippen LogP contribution in [-0.4, -0.2) is 60.7 Å². The van der Waals surface area contributed by atoms with Gasteiger partial charge in [0.1, 0.15) is 0 Å². The summed E-state index contributed by atoms with van der Waals surface area (Å²) in [6.45, 7) is 4.45. The Balaban J connectivity index is 1.53. The number of rotatable bonds is 6. The third-order valence-electron chi connectivity index (χ3n) is 5.97. The molecule has 2 aliphatic rings. The number of hydrogen-bond acceptors (Lipinski definition) is 3. The number of likely N-dealkylation sites (tertiary alicyclic amines) is 1. The van der Waals surface area contributed by atoms with Crippen molar-refractivity contribution < 1.29 is 14.4 Å². The highest BCUT2D eigenvalue weighted by Gasteiger charge is 2.38. The van der Waals surface area contributed by atoms with Crippen molar-refractivity contribution in [2.45, 2.75) is 39.0 Å². The number of unbranched alkanes of at least 4 members (excludes halogenated alkanes) is 1. The first kappa shape index (κ1) is 21.6. The van der Waals surface area contributed by atoms with Crippen LogP contribution in [0.3, 0.4) is 0 Å². The van der Waals surface area contributed by atoms with Crippen molar-refractivity contribution in [2.75, 3.05) is 38.1 Å². The number of carbonyl (C=O) groups is 3. The van der Waals surface area contributed by atoms with Crippen molar-refractivity contribution in [3.63, 3.8) is 0 Å². The molecular formula is C22H30ClN3O3. The number of nitrogens with zero attached hydrogens (tertiary/aromatic N) is 3. The molecule has 7 heteroatoms. The molecule has 6 nitrogen and oxygen atoms in total. The molecule has 0 saturated carbocycles. The number of carbonyl (C=O) groups excluding carboxylic acids is 3. The summed E-state index contributed by atoms with van der Waals surface area (Å²) in [6.07, 6.45) is 3.69. The number of piperidine rings is 1. The van der Waals surface area contributed by atoms with E-state index in [0.717, 1.165) is 25.1 Å². The fourth-order valence-electron chi connectivity index (χ4n) is 4.19. The minimum atomic E-state index is -0.332. The first-order valence-corrected chi connectivity index (χ1v) is 10.9. The zero-order valence-corrected chi connectivity index (χ0v) is 18.0. The van der Waals surface area contributed by atoms with Gasteiger partial charge in [-0.2, -0.15) is 0 Å². The molecule has 3 amide bonds. The molecule has 0 N–H and O–H groups in total. The normalized spacial score (nSPS) is 20.2. The van der Waals surface area contributed by atoms with E-state index in [1.165, 1.54) is 0 Å². The van der Waals surface area contributed by atoms with Crippen molar-refractivity contribution in [1.82, 2.24) is 9.80 Å². The Morgan fingerprint density at radius 2 is 1.93 bits per heavy atom. The van der Waals surface area contributed by atoms with E-state index in [-0.39, 0.29) is 36.0 Å². The fourth-order valence-corrected chi connectivity index (χ4v) is 4.37. The number of benzene rings is 1. The first-order valence-electron chi connectivity index (χ1n) is 10.5. The van der Waals surface area contributed by atoms with Crippen LogP contribution in [0.4, 0.5) is 5.69 Å². The predicted molar refractivity (Wildman–Crippen MR) is 114 cm³/mol. The largest absolute Gasteiger partial charge is 0.346 e. The van der Waals surface area contributed by atoms with Gasteiger partial charge in [-0.3, -0.25) is 14.4 Å². The molecule has 1 aromatic rings. The average Bonchev–Trinajstić information content (AvgIpc) is 3.12. The SMILES string of the molecule is CCCCN(C)C(=O)C1CCN(C(=O)C2CC(=O)N(c3cccc(Cl)c3)C2)CC1. The third-order valence-corrected chi connectivity index (χ3v) is 6.21. The van der Waals surface area contributed by atoms with Crippen molar-refractivity contribution >= 4 is 35.0 Å². The smallest absolute Gasteiger partial charge is 0.228 e. The van der Waals surface area contributed by atoms with Crippen LogP contribution in [0.15, 0.2) is 24.3 Å². The Morgan fingerprint density at radius 1 is 1.21 bits per heavy atom. The molecule has 1 atom stereocenters. The van der Waals surface area contributed by atoms with E-state index in [4.69, 9.17) is 11.6 Å². The Hall–Kier alpha value is -2.08. The third kappa shape index (κ3) is 5.10. The molecule has 2 fully saturated rings. The molecule has 3 rings (SSSR count). The monoisotopic (exact) mass is 419 g/mol. The van der Waals surface area contributed by atoms with Crippen LogP contribution in [0, 0.1) is 11.8 Å². The standard InChI is InChI=1S/C22H30ClN3O3/c1-3-4-10-24(2)21(28)16-8-11-25(12-9-16)22(29)17-13-20(27)26(15-17)19-7-5-6-18(23)14-19/h5-7,14,16-17H,3-4,8-13,15H2,1-2H3. The van der Waals surface area contributed by atoms with Crippen LogP contribution < -0.4 is 4.90 Å². The highest BCUT2D eigenvalue weighted by Crippen LogP contribution is 2.29. The molecule has 0 bridgehead atoms. The molecule has 2 saturated heterocycles. The predicted octanol–water partition coefficient (Wildman–Crippen LogP) is 3.19. The van der Waals surface area contributed by atoms with Crippen molar-refractivity contribution in [3.8, 4) is 0 Å². The Kier molecular flexibility index (Phi) is 7.17. The lowest BCUT2D eigenvalue weighted by molar-refractivity contribution is -0.141. The lowest BCUT2D eigenvalue weighted by Gasteiger charge is -2.34. The zero-order chi connectivity index (χ0) is 21.0. The van der Waals surface area contributed by atoms with Crippen LogP contribution in [0.5, 0.6) is 0 Å². The molecule has 2 aliphatic heterocycles. The molecule has 2 heterocycles. The van der Waals surface area contributed by atoms with Gasteiger partial charge in [-0.05, 0) is 37.5 Å². The molecule has 1 aromatic carbocycles. The highest BCUT2D eigenvalue weighted by molar-refractivity contribution is 6.31. The fraction of sp³-hybridized carbons (Fsp3) is 0.591. The summed E-state index contributed by atoms with van der Waals surface area (Å²) in [5, 5.41) is 0.570. The molecule has 0 radical (unpaired) electrons. The Bertz CT molecular complexity index is 761. The van der Waals surface area contributed by atoms with E-state index in [1.54, 1.807) is 23.1 Å². The Labute approximate surface area is 177 Å². The number of anilines is 1. The van der Waals surface area contributed by atoms with Crippen LogP contribution >= 0.6 is 11.6 Å². The second kappa shape index (κ2) is 9.61. The number of halogens is 1. The maximum atomic E-state index is 13.0. The van der Waals surface area contributed by atoms with E-state index in [2.05, 4.69) is 6.92 Å². The molecular weight excluding hydrogens is 390 g/mol. The highest BCUT2D eigenvalue weighted by atomic mass is 35.5. The second-order valence-corrected chi connectivity index (χ2v) is 8.53. The molecule has 0 aliphatic carbocycles. The van der Waals surface area contributed by atoms with E-state index >= 15 is 0 Å². The van der Waals surface area contributed by atoms with Gasteiger partial charge in [-0.15, -0.1) is 0 Å². The number of amides is 3. The quantitative estimate of drug-likeness (QED) is 0.711. The number of hydrogen-bond donors (Lipinski definition) is 0. The van der Waals surface area contributed by atoms with Crippen LogP contribution in [-0.2, 0) is 14.4 Å². The van der Waals surface area contributed by atoms with Gasteiger partial charge < -0.3 is 14.7 Å². The van der Waals surface area contributed by atoms with Gasteiger partial charge in [0.15, 0.2) is 0 Å². The summed E-state index contributed by atoms with van der Waals surface area (Å²) in [7, 11) is 1.87. The van der Waals surface area contributed by atoms with Crippen LogP contribution in [0.25, 0.3) is 0 Å². The van der Waals surface area contributed by atoms with Crippen LogP contribution in [0.2, 0.25) is 5.02 Å². The minimum absolute atomic E-state index is 0.00549. The molecule has 158 valence electrons. The zero-order valence-electron chi connectivity index (χ0n) is 17.3. The summed E-state index contributed by atoms with van der Waals surface area (Å²) in [5.41, 5.74) is 0.734. The summed E-state index contributed by atoms with van der Waals surface area (Å²) in [4.78, 5) is 43.3. The van der Waals surface area contributed by atoms with E-state index in [9.17, 15) is 14.4 Å². The first-order chi connectivity index (χ1) is 13.9. The van der Waals surface area contributed by atoms with Crippen molar-refractivity contribution in [2.24, 2.45) is 11.8 Å². The minimum Gasteiger partial charge on any atom is -0.346 e. The van der Waals surface area contributed by atoms with Gasteiger partial charge in [0.05, 0.1) is 5.92 Å². The van der Waals surface area contributed by atoms with E-state index in [0.29, 0.717) is 37.5 Å². The lowest BCUT2D eigenvalue weighted by atomic mass is 9.94. The van der Waals surface area contributed by atoms with Crippen molar-refractivity contribution in [3.05, 3.63) is 29.3 Å². The molecule has 29 heavy (non-hydrogen) atoms. The maximum absolute atomic E-state index is 13.0. The molecule has 0 aromatic heterocycles. The van der Waals surface area contributed by atoms with Crippen LogP contribution in [0.1, 0.15) is 39.0 Å². The van der Waals surface area contributed by atoms with Gasteiger partial charge >= 0.3 is 0 Å². The topological polar surface area (TPSA) is 60.9 Å². The van der Waals surface area contributed by atoms with Crippen molar-refractivity contribution in [1.29, 1.82) is 0 Å². The summed E-state index contributed by atoms with van der Waals surface area (Å²) in [6, 6.07) is 7.15. The average molecular weight is 420 g/mol. The van der Waals surface area contributed by atoms with Gasteiger partial charge in [0.2, 0.25) is 17.7 Å². The lowest BCUT2D eigenvalue weighted by Crippen LogP contribution is -2.45. The van der Waals surface area contributed by atoms with E-state index in [1.807, 2.05) is 22.9 Å². The van der Waals surface area contributed by atoms with Gasteiger partial charge in [-0.25, -0.2) is 0 Å². The second-order valence-electron chi connectivity index (χ2n) is 8.10. The summed E-state index contributed by atoms with van der Waals surface area (Å²) in [5.74, 6) is -0.176. The van der Waals surface area contributed by atoms with E-state index < -0.39 is 0 Å². The summed E-state index contributed by atoms with van der Waals surface area (Å²) < 4.78 is 0.